The molecule has 0 aliphatic heterocycles. The predicted molar refractivity (Wildman–Crippen MR) is 135 cm³/mol. The summed E-state index contributed by atoms with van der Waals surface area (Å²) in [6.45, 7) is 8.19. The van der Waals surface area contributed by atoms with Crippen molar-refractivity contribution in [3.05, 3.63) is 35.9 Å². The van der Waals surface area contributed by atoms with Crippen LogP contribution in [0.3, 0.4) is 0 Å². The molecule has 0 spiro atoms. The number of esters is 1. The van der Waals surface area contributed by atoms with Gasteiger partial charge >= 0.3 is 5.97 Å². The van der Waals surface area contributed by atoms with Gasteiger partial charge in [-0.2, -0.15) is 0 Å². The Morgan fingerprint density at radius 1 is 1.09 bits per heavy atom. The van der Waals surface area contributed by atoms with Crippen LogP contribution < -0.4 is 0 Å². The lowest BCUT2D eigenvalue weighted by molar-refractivity contribution is -0.157. The Balaban J connectivity index is 2.15. The summed E-state index contributed by atoms with van der Waals surface area (Å²) in [5.41, 5.74) is 0.454. The third kappa shape index (κ3) is 9.66. The first-order valence-corrected chi connectivity index (χ1v) is 13.5. The van der Waals surface area contributed by atoms with Gasteiger partial charge < -0.3 is 9.29 Å². The van der Waals surface area contributed by atoms with E-state index in [0.29, 0.717) is 13.0 Å². The smallest absolute Gasteiger partial charge is 0.312 e. The average molecular weight is 462 g/mol. The van der Waals surface area contributed by atoms with Gasteiger partial charge in [-0.05, 0) is 58.4 Å². The molecule has 4 nitrogen and oxygen atoms in total. The molecule has 1 aliphatic carbocycles. The van der Waals surface area contributed by atoms with Crippen LogP contribution in [0.5, 0.6) is 0 Å². The number of carbonyl (C=O) groups excluding carboxylic acids is 1. The highest BCUT2D eigenvalue weighted by Crippen LogP contribution is 2.36. The number of rotatable bonds is 5. The number of ether oxygens (including phenoxy) is 1. The van der Waals surface area contributed by atoms with Gasteiger partial charge in [-0.25, -0.2) is 0 Å². The lowest BCUT2D eigenvalue weighted by Gasteiger charge is -2.30. The molecule has 3 atom stereocenters. The molecule has 0 amide bonds. The highest BCUT2D eigenvalue weighted by atomic mass is 32.2. The van der Waals surface area contributed by atoms with Gasteiger partial charge in [0.25, 0.3) is 0 Å². The number of benzene rings is 1. The van der Waals surface area contributed by atoms with E-state index in [1.165, 1.54) is 32.1 Å². The van der Waals surface area contributed by atoms with Crippen LogP contribution in [0.2, 0.25) is 0 Å². The number of hydrogen-bond acceptors (Lipinski definition) is 4. The summed E-state index contributed by atoms with van der Waals surface area (Å²) in [6.07, 6.45) is 14.0. The highest BCUT2D eigenvalue weighted by Gasteiger charge is 2.37. The Morgan fingerprint density at radius 2 is 1.69 bits per heavy atom. The van der Waals surface area contributed by atoms with Crippen LogP contribution in [0, 0.1) is 11.3 Å². The quantitative estimate of drug-likeness (QED) is 0.265. The summed E-state index contributed by atoms with van der Waals surface area (Å²) in [5, 5.41) is 0. The SMILES string of the molecule is CC1(C(=O)OCc2ccccc2)CCCCCCCCCCC(C=N[S+]([O-])C(C)(C)C)C1. The van der Waals surface area contributed by atoms with Gasteiger partial charge in [0.15, 0.2) is 0 Å². The van der Waals surface area contributed by atoms with Gasteiger partial charge in [0.2, 0.25) is 0 Å². The van der Waals surface area contributed by atoms with Crippen molar-refractivity contribution in [1.82, 2.24) is 0 Å². The fraction of sp³-hybridized carbons (Fsp3) is 0.704. The molecule has 0 aromatic heterocycles. The average Bonchev–Trinajstić information content (AvgIpc) is 2.77. The van der Waals surface area contributed by atoms with Gasteiger partial charge in [-0.15, -0.1) is 0 Å². The molecule has 180 valence electrons. The number of carbonyl (C=O) groups is 1. The molecule has 1 saturated carbocycles. The van der Waals surface area contributed by atoms with Crippen molar-refractivity contribution in [2.75, 3.05) is 0 Å². The highest BCUT2D eigenvalue weighted by molar-refractivity contribution is 7.91. The molecule has 0 heterocycles. The molecule has 0 saturated heterocycles. The van der Waals surface area contributed by atoms with Crippen molar-refractivity contribution in [3.8, 4) is 0 Å². The first-order chi connectivity index (χ1) is 15.2. The Kier molecular flexibility index (Phi) is 11.3. The van der Waals surface area contributed by atoms with Gasteiger partial charge in [-0.3, -0.25) is 4.79 Å². The second-order valence-corrected chi connectivity index (χ2v) is 12.5. The van der Waals surface area contributed by atoms with E-state index < -0.39 is 16.8 Å². The van der Waals surface area contributed by atoms with Gasteiger partial charge in [0.05, 0.1) is 11.6 Å². The van der Waals surface area contributed by atoms with E-state index in [4.69, 9.17) is 4.74 Å². The standard InChI is InChI=1S/C27H43NO3S/c1-26(2,3)32(30)28-21-24-18-12-9-7-5-6-8-10-15-19-27(4,20-24)25(29)31-22-23-16-13-11-14-17-23/h11,13-14,16-17,21,24H,5-10,12,15,18-20,22H2,1-4H3. The molecule has 32 heavy (non-hydrogen) atoms. The molecule has 0 radical (unpaired) electrons. The first kappa shape index (κ1) is 26.9. The van der Waals surface area contributed by atoms with Crippen molar-refractivity contribution in [2.24, 2.45) is 15.7 Å². The monoisotopic (exact) mass is 461 g/mol. The third-order valence-electron chi connectivity index (χ3n) is 6.36. The fourth-order valence-corrected chi connectivity index (χ4v) is 4.87. The minimum Gasteiger partial charge on any atom is -0.591 e. The zero-order valence-corrected chi connectivity index (χ0v) is 21.4. The van der Waals surface area contributed by atoms with Crippen molar-refractivity contribution in [2.45, 2.75) is 110 Å². The second kappa shape index (κ2) is 13.4. The zero-order valence-electron chi connectivity index (χ0n) is 20.6. The normalized spacial score (nSPS) is 25.3. The Labute approximate surface area is 198 Å². The lowest BCUT2D eigenvalue weighted by atomic mass is 9.76. The molecule has 1 aromatic carbocycles. The summed E-state index contributed by atoms with van der Waals surface area (Å²) < 4.78 is 22.4. The number of nitrogens with zero attached hydrogens (tertiary/aromatic N) is 1. The van der Waals surface area contributed by atoms with Crippen LogP contribution in [0.15, 0.2) is 34.7 Å². The van der Waals surface area contributed by atoms with Crippen LogP contribution in [0.25, 0.3) is 0 Å². The molecule has 0 bridgehead atoms. The van der Waals surface area contributed by atoms with Crippen LogP contribution in [0.1, 0.15) is 104 Å². The number of hydrogen-bond donors (Lipinski definition) is 0. The minimum atomic E-state index is -1.28. The molecule has 1 aromatic rings. The maximum absolute atomic E-state index is 13.3. The van der Waals surface area contributed by atoms with E-state index in [-0.39, 0.29) is 16.6 Å². The van der Waals surface area contributed by atoms with Crippen molar-refractivity contribution in [3.63, 3.8) is 0 Å². The summed E-state index contributed by atoms with van der Waals surface area (Å²) in [4.78, 5) is 13.3. The molecule has 2 rings (SSSR count). The van der Waals surface area contributed by atoms with Crippen LogP contribution in [0.4, 0.5) is 0 Å². The van der Waals surface area contributed by atoms with Gasteiger partial charge in [-0.1, -0.05) is 86.1 Å². The molecular formula is C27H43NO3S. The Bertz CT molecular complexity index is 701. The molecule has 1 aliphatic rings. The van der Waals surface area contributed by atoms with E-state index in [0.717, 1.165) is 37.7 Å². The van der Waals surface area contributed by atoms with E-state index >= 15 is 0 Å². The van der Waals surface area contributed by atoms with Gasteiger partial charge in [0.1, 0.15) is 22.7 Å². The van der Waals surface area contributed by atoms with E-state index in [1.807, 2.05) is 57.3 Å². The molecular weight excluding hydrogens is 418 g/mol. The maximum Gasteiger partial charge on any atom is 0.312 e. The van der Waals surface area contributed by atoms with Crippen molar-refractivity contribution in [1.29, 1.82) is 0 Å². The predicted octanol–water partition coefficient (Wildman–Crippen LogP) is 7.19. The second-order valence-electron chi connectivity index (χ2n) is 10.6. The van der Waals surface area contributed by atoms with E-state index in [1.54, 1.807) is 0 Å². The Morgan fingerprint density at radius 3 is 2.31 bits per heavy atom. The van der Waals surface area contributed by atoms with Crippen LogP contribution in [-0.2, 0) is 27.5 Å². The third-order valence-corrected chi connectivity index (χ3v) is 7.72. The van der Waals surface area contributed by atoms with Crippen LogP contribution in [-0.4, -0.2) is 21.5 Å². The lowest BCUT2D eigenvalue weighted by Crippen LogP contribution is -2.33. The van der Waals surface area contributed by atoms with E-state index in [2.05, 4.69) is 11.3 Å². The minimum absolute atomic E-state index is 0.119. The van der Waals surface area contributed by atoms with Crippen molar-refractivity contribution < 1.29 is 14.1 Å². The summed E-state index contributed by atoms with van der Waals surface area (Å²) in [6, 6.07) is 9.86. The van der Waals surface area contributed by atoms with Crippen LogP contribution >= 0.6 is 0 Å². The van der Waals surface area contributed by atoms with E-state index in [9.17, 15) is 9.35 Å². The molecule has 3 unspecified atom stereocenters. The van der Waals surface area contributed by atoms with Crippen molar-refractivity contribution >= 4 is 23.5 Å². The summed E-state index contributed by atoms with van der Waals surface area (Å²) in [7, 11) is 0. The molecule has 0 N–H and O–H groups in total. The Hall–Kier alpha value is -1.33. The fourth-order valence-electron chi connectivity index (χ4n) is 4.27. The topological polar surface area (TPSA) is 61.7 Å². The summed E-state index contributed by atoms with van der Waals surface area (Å²) >= 11 is -1.28. The molecule has 1 fully saturated rings. The largest absolute Gasteiger partial charge is 0.591 e. The zero-order chi connectivity index (χ0) is 23.5. The first-order valence-electron chi connectivity index (χ1n) is 12.4. The van der Waals surface area contributed by atoms with Gasteiger partial charge in [0, 0.05) is 0 Å². The maximum atomic E-state index is 13.3. The summed E-state index contributed by atoms with van der Waals surface area (Å²) in [5.74, 6) is 0.0166. The molecule has 5 heteroatoms.